The maximum atomic E-state index is 13.1. The summed E-state index contributed by atoms with van der Waals surface area (Å²) in [5.74, 6) is -0.275. The Morgan fingerprint density at radius 1 is 1.15 bits per heavy atom. The van der Waals surface area contributed by atoms with Gasteiger partial charge in [0.25, 0.3) is 11.7 Å². The number of nitrogens with zero attached hydrogens (tertiary/aromatic N) is 2. The summed E-state index contributed by atoms with van der Waals surface area (Å²) in [5.41, 5.74) is 0.625. The van der Waals surface area contributed by atoms with E-state index < -0.39 is 17.7 Å². The Kier molecular flexibility index (Phi) is 7.47. The average Bonchev–Trinajstić information content (AvgIpc) is 3.44. The number of morpholine rings is 1. The molecule has 176 valence electrons. The molecule has 33 heavy (non-hydrogen) atoms. The van der Waals surface area contributed by atoms with Crippen LogP contribution in [0.2, 0.25) is 0 Å². The lowest BCUT2D eigenvalue weighted by Crippen LogP contribution is -2.42. The summed E-state index contributed by atoms with van der Waals surface area (Å²) < 4.78 is 11.1. The molecule has 1 aromatic carbocycles. The summed E-state index contributed by atoms with van der Waals surface area (Å²) in [7, 11) is 0. The van der Waals surface area contributed by atoms with Crippen LogP contribution in [0, 0.1) is 5.92 Å². The number of carbonyl (C=O) groups is 2. The number of carbonyl (C=O) groups excluding carboxylic acids is 2. The molecule has 2 aliphatic heterocycles. The van der Waals surface area contributed by atoms with E-state index in [-0.39, 0.29) is 11.3 Å². The van der Waals surface area contributed by atoms with Gasteiger partial charge in [-0.15, -0.1) is 11.3 Å². The van der Waals surface area contributed by atoms with Gasteiger partial charge in [-0.2, -0.15) is 0 Å². The standard InChI is InChI=1S/C25H30N2O5S/c1-17(2)16-32-19-7-5-18(6-8-19)23(28)21-22(20-4-3-15-33-20)27(25(30)24(21)29)10-9-26-11-13-31-14-12-26/h3-8,15,17,22,28H,9-14,16H2,1-2H3/b23-21+/t22-/m0/s1. The number of aliphatic hydroxyl groups excluding tert-OH is 1. The lowest BCUT2D eigenvalue weighted by atomic mass is 10.00. The Morgan fingerprint density at radius 2 is 1.88 bits per heavy atom. The van der Waals surface area contributed by atoms with Crippen LogP contribution in [0.1, 0.15) is 30.3 Å². The van der Waals surface area contributed by atoms with Crippen molar-refractivity contribution in [3.05, 3.63) is 57.8 Å². The Bertz CT molecular complexity index is 994. The third-order valence-electron chi connectivity index (χ3n) is 5.82. The lowest BCUT2D eigenvalue weighted by molar-refractivity contribution is -0.140. The van der Waals surface area contributed by atoms with Gasteiger partial charge in [0, 0.05) is 36.6 Å². The van der Waals surface area contributed by atoms with Crippen molar-refractivity contribution >= 4 is 28.8 Å². The minimum Gasteiger partial charge on any atom is -0.507 e. The number of Topliss-reactive ketones (excluding diaryl/α,β-unsaturated/α-hetero) is 1. The van der Waals surface area contributed by atoms with Crippen molar-refractivity contribution in [2.45, 2.75) is 19.9 Å². The Balaban J connectivity index is 1.61. The molecule has 8 heteroatoms. The Labute approximate surface area is 198 Å². The zero-order chi connectivity index (χ0) is 23.4. The minimum atomic E-state index is -0.645. The van der Waals surface area contributed by atoms with Crippen LogP contribution in [0.4, 0.5) is 0 Å². The highest BCUT2D eigenvalue weighted by molar-refractivity contribution is 7.10. The first-order chi connectivity index (χ1) is 16.0. The number of likely N-dealkylation sites (tertiary alicyclic amines) is 1. The molecule has 3 heterocycles. The second-order valence-electron chi connectivity index (χ2n) is 8.69. The average molecular weight is 471 g/mol. The van der Waals surface area contributed by atoms with E-state index in [1.54, 1.807) is 29.2 Å². The van der Waals surface area contributed by atoms with E-state index >= 15 is 0 Å². The molecule has 2 fully saturated rings. The fourth-order valence-corrected chi connectivity index (χ4v) is 4.90. The van der Waals surface area contributed by atoms with Gasteiger partial charge in [0.15, 0.2) is 0 Å². The van der Waals surface area contributed by atoms with Crippen LogP contribution in [0.5, 0.6) is 5.75 Å². The van der Waals surface area contributed by atoms with E-state index in [1.165, 1.54) is 11.3 Å². The van der Waals surface area contributed by atoms with Gasteiger partial charge in [0.2, 0.25) is 0 Å². The van der Waals surface area contributed by atoms with E-state index in [1.807, 2.05) is 17.5 Å². The molecule has 1 N–H and O–H groups in total. The first kappa shape index (κ1) is 23.5. The van der Waals surface area contributed by atoms with E-state index in [4.69, 9.17) is 9.47 Å². The minimum absolute atomic E-state index is 0.139. The largest absolute Gasteiger partial charge is 0.507 e. The van der Waals surface area contributed by atoms with Crippen LogP contribution in [-0.4, -0.2) is 72.6 Å². The number of hydrogen-bond donors (Lipinski definition) is 1. The SMILES string of the molecule is CC(C)COc1ccc(/C(O)=C2\C(=O)C(=O)N(CCN3CCOCC3)[C@H]2c2cccs2)cc1. The van der Waals surface area contributed by atoms with Crippen LogP contribution in [0.3, 0.4) is 0 Å². The molecule has 2 aromatic rings. The summed E-state index contributed by atoms with van der Waals surface area (Å²) in [6.07, 6.45) is 0. The summed E-state index contributed by atoms with van der Waals surface area (Å²) in [6, 6.07) is 10.2. The van der Waals surface area contributed by atoms with Crippen molar-refractivity contribution in [3.8, 4) is 5.75 Å². The van der Waals surface area contributed by atoms with E-state index in [0.29, 0.717) is 50.1 Å². The van der Waals surface area contributed by atoms with Gasteiger partial charge in [-0.25, -0.2) is 0 Å². The second kappa shape index (κ2) is 10.5. The first-order valence-corrected chi connectivity index (χ1v) is 12.2. The molecule has 0 spiro atoms. The molecule has 7 nitrogen and oxygen atoms in total. The normalized spacial score (nSPS) is 21.2. The zero-order valence-corrected chi connectivity index (χ0v) is 19.8. The molecular formula is C25H30N2O5S. The van der Waals surface area contributed by atoms with Crippen molar-refractivity contribution in [1.82, 2.24) is 9.80 Å². The van der Waals surface area contributed by atoms with Gasteiger partial charge in [-0.1, -0.05) is 19.9 Å². The van der Waals surface area contributed by atoms with Gasteiger partial charge in [-0.05, 0) is 41.6 Å². The van der Waals surface area contributed by atoms with Crippen molar-refractivity contribution in [2.75, 3.05) is 46.0 Å². The fourth-order valence-electron chi connectivity index (χ4n) is 4.05. The number of amides is 1. The highest BCUT2D eigenvalue weighted by atomic mass is 32.1. The van der Waals surface area contributed by atoms with Crippen LogP contribution in [0.15, 0.2) is 47.4 Å². The molecule has 2 saturated heterocycles. The maximum absolute atomic E-state index is 13.1. The Morgan fingerprint density at radius 3 is 2.52 bits per heavy atom. The van der Waals surface area contributed by atoms with E-state index in [9.17, 15) is 14.7 Å². The van der Waals surface area contributed by atoms with E-state index in [2.05, 4.69) is 18.7 Å². The summed E-state index contributed by atoms with van der Waals surface area (Å²) in [4.78, 5) is 30.7. The number of hydrogen-bond acceptors (Lipinski definition) is 7. The third kappa shape index (κ3) is 5.29. The highest BCUT2D eigenvalue weighted by Crippen LogP contribution is 2.41. The van der Waals surface area contributed by atoms with Crippen molar-refractivity contribution < 1.29 is 24.2 Å². The van der Waals surface area contributed by atoms with Crippen molar-refractivity contribution in [3.63, 3.8) is 0 Å². The predicted octanol–water partition coefficient (Wildman–Crippen LogP) is 3.54. The van der Waals surface area contributed by atoms with E-state index in [0.717, 1.165) is 18.0 Å². The molecule has 2 aliphatic rings. The van der Waals surface area contributed by atoms with Gasteiger partial charge in [0.05, 0.1) is 31.4 Å². The summed E-state index contributed by atoms with van der Waals surface area (Å²) >= 11 is 1.47. The van der Waals surface area contributed by atoms with Crippen LogP contribution < -0.4 is 4.74 Å². The number of aliphatic hydroxyl groups is 1. The molecule has 0 bridgehead atoms. The topological polar surface area (TPSA) is 79.3 Å². The summed E-state index contributed by atoms with van der Waals surface area (Å²) in [6.45, 7) is 8.75. The van der Waals surface area contributed by atoms with Gasteiger partial charge in [-0.3, -0.25) is 14.5 Å². The quantitative estimate of drug-likeness (QED) is 0.361. The van der Waals surface area contributed by atoms with Gasteiger partial charge >= 0.3 is 0 Å². The molecule has 1 aromatic heterocycles. The monoisotopic (exact) mass is 470 g/mol. The molecular weight excluding hydrogens is 440 g/mol. The van der Waals surface area contributed by atoms with Crippen molar-refractivity contribution in [2.24, 2.45) is 5.92 Å². The maximum Gasteiger partial charge on any atom is 0.295 e. The third-order valence-corrected chi connectivity index (χ3v) is 6.75. The number of benzene rings is 1. The molecule has 1 atom stereocenters. The first-order valence-electron chi connectivity index (χ1n) is 11.3. The van der Waals surface area contributed by atoms with Gasteiger partial charge < -0.3 is 19.5 Å². The smallest absolute Gasteiger partial charge is 0.295 e. The number of ether oxygens (including phenoxy) is 2. The van der Waals surface area contributed by atoms with Crippen LogP contribution >= 0.6 is 11.3 Å². The molecule has 0 aliphatic carbocycles. The number of thiophene rings is 1. The second-order valence-corrected chi connectivity index (χ2v) is 9.67. The molecule has 4 rings (SSSR count). The van der Waals surface area contributed by atoms with Gasteiger partial charge in [0.1, 0.15) is 11.5 Å². The van der Waals surface area contributed by atoms with Crippen LogP contribution in [-0.2, 0) is 14.3 Å². The fraction of sp³-hybridized carbons (Fsp3) is 0.440. The van der Waals surface area contributed by atoms with Crippen LogP contribution in [0.25, 0.3) is 5.76 Å². The summed E-state index contributed by atoms with van der Waals surface area (Å²) in [5, 5.41) is 13.1. The van der Waals surface area contributed by atoms with Crippen molar-refractivity contribution in [1.29, 1.82) is 0 Å². The molecule has 1 amide bonds. The molecule has 0 unspecified atom stereocenters. The molecule has 0 saturated carbocycles. The lowest BCUT2D eigenvalue weighted by Gasteiger charge is -2.30. The predicted molar refractivity (Wildman–Crippen MR) is 127 cm³/mol. The number of rotatable bonds is 8. The highest BCUT2D eigenvalue weighted by Gasteiger charge is 2.46. The zero-order valence-electron chi connectivity index (χ0n) is 19.0. The number of ketones is 1. The molecule has 0 radical (unpaired) electrons. The Hall–Kier alpha value is -2.68.